The highest BCUT2D eigenvalue weighted by Gasteiger charge is 2.66. The van der Waals surface area contributed by atoms with Gasteiger partial charge < -0.3 is 14.0 Å². The van der Waals surface area contributed by atoms with Crippen molar-refractivity contribution in [2.45, 2.75) is 82.7 Å². The van der Waals surface area contributed by atoms with E-state index in [4.69, 9.17) is 14.0 Å². The third-order valence-corrected chi connectivity index (χ3v) is 9.46. The molecule has 5 nitrogen and oxygen atoms in total. The van der Waals surface area contributed by atoms with Crippen LogP contribution in [0.2, 0.25) is 0 Å². The van der Waals surface area contributed by atoms with Crippen LogP contribution in [-0.2, 0) is 14.9 Å². The Morgan fingerprint density at radius 2 is 1.45 bits per heavy atom. The molecule has 7 atom stereocenters. The van der Waals surface area contributed by atoms with Gasteiger partial charge in [0.15, 0.2) is 0 Å². The average Bonchev–Trinajstić information content (AvgIpc) is 3.41. The van der Waals surface area contributed by atoms with Crippen molar-refractivity contribution in [2.75, 3.05) is 0 Å². The summed E-state index contributed by atoms with van der Waals surface area (Å²) in [6.45, 7) is 8.65. The summed E-state index contributed by atoms with van der Waals surface area (Å²) in [5.41, 5.74) is 2.51. The zero-order valence-corrected chi connectivity index (χ0v) is 20.8. The van der Waals surface area contributed by atoms with Gasteiger partial charge in [-0.1, -0.05) is 52.0 Å². The Hall–Kier alpha value is -2.05. The first-order valence-electron chi connectivity index (χ1n) is 12.2. The van der Waals surface area contributed by atoms with Gasteiger partial charge in [-0.2, -0.15) is 8.42 Å². The van der Waals surface area contributed by atoms with Gasteiger partial charge in [0, 0.05) is 5.92 Å². The van der Waals surface area contributed by atoms with Gasteiger partial charge in [-0.05, 0) is 78.8 Å². The number of aromatic hydroxyl groups is 1. The van der Waals surface area contributed by atoms with Gasteiger partial charge in [-0.3, -0.25) is 0 Å². The van der Waals surface area contributed by atoms with Crippen LogP contribution in [0, 0.1) is 11.8 Å². The van der Waals surface area contributed by atoms with E-state index in [0.29, 0.717) is 41.8 Å². The van der Waals surface area contributed by atoms with E-state index < -0.39 is 15.4 Å². The third kappa shape index (κ3) is 5.22. The second kappa shape index (κ2) is 9.67. The Bertz CT molecular complexity index is 1030. The van der Waals surface area contributed by atoms with Crippen LogP contribution in [0.5, 0.6) is 11.5 Å². The Morgan fingerprint density at radius 1 is 0.909 bits per heavy atom. The van der Waals surface area contributed by atoms with Crippen LogP contribution in [-0.4, -0.2) is 31.0 Å². The molecule has 1 aliphatic heterocycles. The molecular weight excluding hydrogens is 436 g/mol. The number of benzene rings is 2. The largest absolute Gasteiger partial charge is 0.508 e. The highest BCUT2D eigenvalue weighted by molar-refractivity contribution is 7.87. The second-order valence-electron chi connectivity index (χ2n) is 9.85. The molecule has 0 radical (unpaired) electrons. The topological polar surface area (TPSA) is 76.1 Å². The molecule has 1 saturated heterocycles. The van der Waals surface area contributed by atoms with Crippen molar-refractivity contribution in [3.63, 3.8) is 0 Å². The van der Waals surface area contributed by atoms with E-state index in [2.05, 4.69) is 27.7 Å². The van der Waals surface area contributed by atoms with Crippen LogP contribution >= 0.6 is 0 Å². The summed E-state index contributed by atoms with van der Waals surface area (Å²) in [6, 6.07) is 14.9. The first-order valence-corrected chi connectivity index (χ1v) is 13.7. The summed E-state index contributed by atoms with van der Waals surface area (Å²) < 4.78 is 36.0. The van der Waals surface area contributed by atoms with Crippen LogP contribution in [0.1, 0.15) is 76.3 Å². The van der Waals surface area contributed by atoms with Gasteiger partial charge >= 0.3 is 10.1 Å². The fourth-order valence-electron chi connectivity index (χ4n) is 5.20. The molecule has 0 spiro atoms. The monoisotopic (exact) mass is 472 g/mol. The minimum absolute atomic E-state index is 0.138. The van der Waals surface area contributed by atoms with E-state index in [0.717, 1.165) is 19.3 Å². The van der Waals surface area contributed by atoms with Gasteiger partial charge in [0.2, 0.25) is 0 Å². The van der Waals surface area contributed by atoms with Crippen molar-refractivity contribution in [2.24, 2.45) is 11.8 Å². The lowest BCUT2D eigenvalue weighted by atomic mass is 9.99. The molecule has 180 valence electrons. The molecule has 33 heavy (non-hydrogen) atoms. The van der Waals surface area contributed by atoms with Crippen molar-refractivity contribution >= 4 is 10.1 Å². The summed E-state index contributed by atoms with van der Waals surface area (Å²) >= 11 is 0. The minimum Gasteiger partial charge on any atom is -0.508 e. The number of ether oxygens (including phenoxy) is 1. The summed E-state index contributed by atoms with van der Waals surface area (Å²) in [5, 5.41) is 8.62. The van der Waals surface area contributed by atoms with Crippen molar-refractivity contribution in [1.29, 1.82) is 0 Å². The molecule has 2 aliphatic carbocycles. The molecule has 7 unspecified atom stereocenters. The van der Waals surface area contributed by atoms with Gasteiger partial charge in [0.1, 0.15) is 16.7 Å². The Balaban J connectivity index is 0.000000200. The summed E-state index contributed by atoms with van der Waals surface area (Å²) in [6.07, 6.45) is 4.40. The average molecular weight is 473 g/mol. The van der Waals surface area contributed by atoms with Gasteiger partial charge in [0.25, 0.3) is 0 Å². The Labute approximate surface area is 198 Å². The van der Waals surface area contributed by atoms with Crippen molar-refractivity contribution < 1.29 is 22.4 Å². The number of rotatable bonds is 7. The standard InChI is InChI=1S/C17H22O4S.C10H14O/c1-3-10(2)11-4-6-13(7-5-11)21-22(18,19)15-9-12-8-14(15)17-16(12)20-17;1-3-8(2)9-4-6-10(11)7-5-9/h4-7,10,12,14-17H,3,8-9H2,1-2H3;4-8,11H,3H2,1-2H3. The van der Waals surface area contributed by atoms with Crippen LogP contribution in [0.25, 0.3) is 0 Å². The molecular formula is C27H36O5S. The second-order valence-corrected chi connectivity index (χ2v) is 11.6. The number of phenolic OH excluding ortho intramolecular Hbond substituents is 1. The van der Waals surface area contributed by atoms with Crippen molar-refractivity contribution in [1.82, 2.24) is 0 Å². The van der Waals surface area contributed by atoms with Gasteiger partial charge in [0.05, 0.1) is 12.2 Å². The van der Waals surface area contributed by atoms with Crippen LogP contribution in [0.15, 0.2) is 48.5 Å². The normalized spacial score (nSPS) is 28.9. The van der Waals surface area contributed by atoms with Crippen LogP contribution in [0.3, 0.4) is 0 Å². The maximum Gasteiger partial charge on any atom is 0.312 e. The van der Waals surface area contributed by atoms with Gasteiger partial charge in [-0.15, -0.1) is 0 Å². The SMILES string of the molecule is CCC(C)c1ccc(O)cc1.CCC(C)c1ccc(OS(=O)(=O)C2CC3CC2C2OC32)cc1. The highest BCUT2D eigenvalue weighted by Crippen LogP contribution is 2.58. The molecule has 2 saturated carbocycles. The molecule has 1 N–H and O–H groups in total. The van der Waals surface area contributed by atoms with Crippen LogP contribution < -0.4 is 4.18 Å². The Kier molecular flexibility index (Phi) is 7.06. The van der Waals surface area contributed by atoms with E-state index in [1.807, 2.05) is 24.3 Å². The van der Waals surface area contributed by atoms with Gasteiger partial charge in [-0.25, -0.2) is 0 Å². The summed E-state index contributed by atoms with van der Waals surface area (Å²) in [7, 11) is -3.57. The Morgan fingerprint density at radius 3 is 1.94 bits per heavy atom. The molecule has 0 amide bonds. The lowest BCUT2D eigenvalue weighted by molar-refractivity contribution is 0.263. The highest BCUT2D eigenvalue weighted by atomic mass is 32.2. The maximum atomic E-state index is 12.6. The molecule has 5 rings (SSSR count). The minimum atomic E-state index is -3.57. The lowest BCUT2D eigenvalue weighted by Gasteiger charge is -2.19. The molecule has 2 aromatic rings. The fourth-order valence-corrected chi connectivity index (χ4v) is 6.88. The zero-order valence-electron chi connectivity index (χ0n) is 20.0. The predicted molar refractivity (Wildman–Crippen MR) is 130 cm³/mol. The zero-order chi connectivity index (χ0) is 23.8. The van der Waals surface area contributed by atoms with E-state index in [1.165, 1.54) is 11.1 Å². The maximum absolute atomic E-state index is 12.6. The molecule has 0 aromatic heterocycles. The summed E-state index contributed by atoms with van der Waals surface area (Å²) in [5.74, 6) is 2.39. The number of epoxide rings is 1. The number of hydrogen-bond acceptors (Lipinski definition) is 5. The first-order chi connectivity index (χ1) is 15.7. The van der Waals surface area contributed by atoms with E-state index in [-0.39, 0.29) is 12.0 Å². The summed E-state index contributed by atoms with van der Waals surface area (Å²) in [4.78, 5) is 0. The number of hydrogen-bond donors (Lipinski definition) is 1. The molecule has 3 aliphatic rings. The van der Waals surface area contributed by atoms with Crippen molar-refractivity contribution in [3.05, 3.63) is 59.7 Å². The smallest absolute Gasteiger partial charge is 0.312 e. The van der Waals surface area contributed by atoms with Crippen LogP contribution in [0.4, 0.5) is 0 Å². The van der Waals surface area contributed by atoms with E-state index >= 15 is 0 Å². The quantitative estimate of drug-likeness (QED) is 0.396. The van der Waals surface area contributed by atoms with E-state index in [9.17, 15) is 8.42 Å². The fraction of sp³-hybridized carbons (Fsp3) is 0.556. The molecule has 6 heteroatoms. The van der Waals surface area contributed by atoms with Crippen molar-refractivity contribution in [3.8, 4) is 11.5 Å². The lowest BCUT2D eigenvalue weighted by Crippen LogP contribution is -2.34. The predicted octanol–water partition coefficient (Wildman–Crippen LogP) is 5.99. The molecule has 3 fully saturated rings. The molecule has 2 aromatic carbocycles. The number of fused-ring (bicyclic) bond motifs is 5. The first kappa shape index (κ1) is 24.1. The number of phenols is 1. The third-order valence-electron chi connectivity index (χ3n) is 7.75. The molecule has 2 bridgehead atoms. The van der Waals surface area contributed by atoms with E-state index in [1.54, 1.807) is 24.3 Å². The molecule has 1 heterocycles.